The van der Waals surface area contributed by atoms with Crippen LogP contribution in [-0.4, -0.2) is 65.0 Å². The van der Waals surface area contributed by atoms with Gasteiger partial charge < -0.3 is 15.1 Å². The number of H-pyrrole nitrogens is 1. The van der Waals surface area contributed by atoms with Gasteiger partial charge in [0.15, 0.2) is 0 Å². The molecule has 2 heterocycles. The lowest BCUT2D eigenvalue weighted by molar-refractivity contribution is -0.143. The summed E-state index contributed by atoms with van der Waals surface area (Å²) >= 11 is 0. The van der Waals surface area contributed by atoms with E-state index in [9.17, 15) is 9.59 Å². The second-order valence-corrected chi connectivity index (χ2v) is 5.95. The number of carbonyl (C=O) groups is 2. The number of anilines is 1. The summed E-state index contributed by atoms with van der Waals surface area (Å²) < 4.78 is 0. The third-order valence-corrected chi connectivity index (χ3v) is 4.16. The molecule has 1 aromatic carbocycles. The first-order valence-electron chi connectivity index (χ1n) is 8.02. The molecule has 1 saturated heterocycles. The van der Waals surface area contributed by atoms with Crippen molar-refractivity contribution in [2.24, 2.45) is 0 Å². The molecular formula is C17H21N5O2. The van der Waals surface area contributed by atoms with E-state index in [1.807, 2.05) is 25.2 Å². The van der Waals surface area contributed by atoms with Crippen molar-refractivity contribution in [2.75, 3.05) is 38.5 Å². The van der Waals surface area contributed by atoms with Crippen LogP contribution in [0, 0.1) is 0 Å². The number of nitrogens with zero attached hydrogens (tertiary/aromatic N) is 3. The highest BCUT2D eigenvalue weighted by Crippen LogP contribution is 2.19. The Hall–Kier alpha value is -2.67. The lowest BCUT2D eigenvalue weighted by Crippen LogP contribution is -2.41. The molecule has 1 fully saturated rings. The van der Waals surface area contributed by atoms with E-state index in [0.29, 0.717) is 18.8 Å². The molecule has 1 aliphatic rings. The molecule has 2 amide bonds. The Morgan fingerprint density at radius 1 is 1.08 bits per heavy atom. The molecule has 0 spiro atoms. The maximum atomic E-state index is 12.3. The maximum Gasteiger partial charge on any atom is 0.313 e. The summed E-state index contributed by atoms with van der Waals surface area (Å²) in [6.07, 6.45) is 2.57. The summed E-state index contributed by atoms with van der Waals surface area (Å²) in [6, 6.07) is 9.16. The van der Waals surface area contributed by atoms with Crippen LogP contribution in [0.4, 0.5) is 5.69 Å². The molecule has 2 N–H and O–H groups in total. The van der Waals surface area contributed by atoms with Gasteiger partial charge in [0.25, 0.3) is 0 Å². The monoisotopic (exact) mass is 327 g/mol. The Morgan fingerprint density at radius 2 is 1.88 bits per heavy atom. The SMILES string of the molecule is CN1CCCN(C(=O)C(=O)Nc2ccc(-c3ccn[nH]3)cc2)CC1. The van der Waals surface area contributed by atoms with E-state index < -0.39 is 11.8 Å². The topological polar surface area (TPSA) is 81.3 Å². The Morgan fingerprint density at radius 3 is 2.58 bits per heavy atom. The fraction of sp³-hybridized carbons (Fsp3) is 0.353. The first-order valence-corrected chi connectivity index (χ1v) is 8.02. The molecule has 0 aliphatic carbocycles. The minimum atomic E-state index is -0.589. The zero-order chi connectivity index (χ0) is 16.9. The first kappa shape index (κ1) is 16.2. The van der Waals surface area contributed by atoms with Crippen molar-refractivity contribution in [3.05, 3.63) is 36.5 Å². The van der Waals surface area contributed by atoms with Gasteiger partial charge in [-0.05, 0) is 43.8 Å². The number of rotatable bonds is 2. The molecule has 0 unspecified atom stereocenters. The Kier molecular flexibility index (Phi) is 4.90. The Balaban J connectivity index is 1.60. The standard InChI is InChI=1S/C17H21N5O2/c1-21-9-2-10-22(12-11-21)17(24)16(23)19-14-5-3-13(4-6-14)15-7-8-18-20-15/h3-8H,2,9-12H2,1H3,(H,18,20)(H,19,23). The van der Waals surface area contributed by atoms with Crippen molar-refractivity contribution in [1.29, 1.82) is 0 Å². The smallest absolute Gasteiger partial charge is 0.313 e. The molecule has 0 saturated carbocycles. The number of hydrogen-bond acceptors (Lipinski definition) is 4. The van der Waals surface area contributed by atoms with Gasteiger partial charge in [-0.1, -0.05) is 12.1 Å². The number of aromatic nitrogens is 2. The molecular weight excluding hydrogens is 306 g/mol. The van der Waals surface area contributed by atoms with Gasteiger partial charge >= 0.3 is 11.8 Å². The predicted molar refractivity (Wildman–Crippen MR) is 91.3 cm³/mol. The van der Waals surface area contributed by atoms with E-state index in [1.54, 1.807) is 23.2 Å². The number of carbonyl (C=O) groups excluding carboxylic acids is 2. The molecule has 0 radical (unpaired) electrons. The van der Waals surface area contributed by atoms with Crippen molar-refractivity contribution in [2.45, 2.75) is 6.42 Å². The van der Waals surface area contributed by atoms with Gasteiger partial charge in [-0.2, -0.15) is 5.10 Å². The minimum absolute atomic E-state index is 0.469. The van der Waals surface area contributed by atoms with Crippen LogP contribution in [-0.2, 0) is 9.59 Å². The average Bonchev–Trinajstić information content (AvgIpc) is 3.04. The first-order chi connectivity index (χ1) is 11.6. The number of likely N-dealkylation sites (N-methyl/N-ethyl adjacent to an activating group) is 1. The Labute approximate surface area is 140 Å². The largest absolute Gasteiger partial charge is 0.333 e. The minimum Gasteiger partial charge on any atom is -0.333 e. The van der Waals surface area contributed by atoms with Gasteiger partial charge in [0.1, 0.15) is 0 Å². The van der Waals surface area contributed by atoms with Crippen LogP contribution >= 0.6 is 0 Å². The van der Waals surface area contributed by atoms with Gasteiger partial charge in [-0.3, -0.25) is 14.7 Å². The molecule has 0 atom stereocenters. The Bertz CT molecular complexity index is 696. The molecule has 3 rings (SSSR count). The summed E-state index contributed by atoms with van der Waals surface area (Å²) in [5, 5.41) is 9.46. The van der Waals surface area contributed by atoms with E-state index in [-0.39, 0.29) is 0 Å². The molecule has 126 valence electrons. The highest BCUT2D eigenvalue weighted by molar-refractivity contribution is 6.39. The molecule has 0 bridgehead atoms. The van der Waals surface area contributed by atoms with Gasteiger partial charge in [-0.25, -0.2) is 0 Å². The second kappa shape index (κ2) is 7.27. The van der Waals surface area contributed by atoms with E-state index in [4.69, 9.17) is 0 Å². The molecule has 7 nitrogen and oxygen atoms in total. The van der Waals surface area contributed by atoms with Crippen LogP contribution in [0.1, 0.15) is 6.42 Å². The third kappa shape index (κ3) is 3.80. The van der Waals surface area contributed by atoms with Gasteiger partial charge in [0, 0.05) is 31.5 Å². The number of hydrogen-bond donors (Lipinski definition) is 2. The van der Waals surface area contributed by atoms with Crippen molar-refractivity contribution < 1.29 is 9.59 Å². The molecule has 1 aromatic heterocycles. The fourth-order valence-electron chi connectivity index (χ4n) is 2.73. The van der Waals surface area contributed by atoms with Crippen molar-refractivity contribution >= 4 is 17.5 Å². The summed E-state index contributed by atoms with van der Waals surface area (Å²) in [4.78, 5) is 28.3. The summed E-state index contributed by atoms with van der Waals surface area (Å²) in [5.41, 5.74) is 2.47. The maximum absolute atomic E-state index is 12.3. The van der Waals surface area contributed by atoms with Crippen molar-refractivity contribution in [3.63, 3.8) is 0 Å². The molecule has 1 aliphatic heterocycles. The van der Waals surface area contributed by atoms with Crippen molar-refractivity contribution in [1.82, 2.24) is 20.0 Å². The number of amides is 2. The van der Waals surface area contributed by atoms with Gasteiger partial charge in [-0.15, -0.1) is 0 Å². The zero-order valence-electron chi connectivity index (χ0n) is 13.7. The van der Waals surface area contributed by atoms with E-state index in [0.717, 1.165) is 30.8 Å². The summed E-state index contributed by atoms with van der Waals surface area (Å²) in [5.74, 6) is -1.06. The van der Waals surface area contributed by atoms with E-state index in [2.05, 4.69) is 20.4 Å². The average molecular weight is 327 g/mol. The van der Waals surface area contributed by atoms with Crippen LogP contribution in [0.2, 0.25) is 0 Å². The van der Waals surface area contributed by atoms with Crippen LogP contribution in [0.25, 0.3) is 11.3 Å². The van der Waals surface area contributed by atoms with E-state index >= 15 is 0 Å². The molecule has 2 aromatic rings. The highest BCUT2D eigenvalue weighted by Gasteiger charge is 2.23. The number of aromatic amines is 1. The third-order valence-electron chi connectivity index (χ3n) is 4.16. The quantitative estimate of drug-likeness (QED) is 0.812. The predicted octanol–water partition coefficient (Wildman–Crippen LogP) is 1.18. The van der Waals surface area contributed by atoms with Crippen molar-refractivity contribution in [3.8, 4) is 11.3 Å². The number of benzene rings is 1. The van der Waals surface area contributed by atoms with Crippen LogP contribution < -0.4 is 5.32 Å². The lowest BCUT2D eigenvalue weighted by Gasteiger charge is -2.19. The van der Waals surface area contributed by atoms with Crippen LogP contribution in [0.5, 0.6) is 0 Å². The zero-order valence-corrected chi connectivity index (χ0v) is 13.7. The normalized spacial score (nSPS) is 15.8. The van der Waals surface area contributed by atoms with Gasteiger partial charge in [0.05, 0.1) is 5.69 Å². The van der Waals surface area contributed by atoms with Crippen LogP contribution in [0.15, 0.2) is 36.5 Å². The number of nitrogens with one attached hydrogen (secondary N) is 2. The lowest BCUT2D eigenvalue weighted by atomic mass is 10.1. The van der Waals surface area contributed by atoms with Crippen LogP contribution in [0.3, 0.4) is 0 Å². The highest BCUT2D eigenvalue weighted by atomic mass is 16.2. The summed E-state index contributed by atoms with van der Waals surface area (Å²) in [7, 11) is 2.02. The fourth-order valence-corrected chi connectivity index (χ4v) is 2.73. The second-order valence-electron chi connectivity index (χ2n) is 5.95. The molecule has 24 heavy (non-hydrogen) atoms. The van der Waals surface area contributed by atoms with E-state index in [1.165, 1.54) is 0 Å². The molecule has 7 heteroatoms. The van der Waals surface area contributed by atoms with Gasteiger partial charge in [0.2, 0.25) is 0 Å². The summed E-state index contributed by atoms with van der Waals surface area (Å²) in [6.45, 7) is 2.94.